The second kappa shape index (κ2) is 6.22. The zero-order valence-electron chi connectivity index (χ0n) is 6.77. The molecule has 74 valence electrons. The molecule has 0 radical (unpaired) electrons. The molecule has 0 amide bonds. The molecule has 0 aliphatic heterocycles. The molecule has 0 aromatic rings. The van der Waals surface area contributed by atoms with Crippen molar-refractivity contribution in [2.45, 2.75) is 25.4 Å². The predicted molar refractivity (Wildman–Crippen MR) is 37.2 cm³/mol. The Morgan fingerprint density at radius 1 is 1.08 bits per heavy atom. The van der Waals surface area contributed by atoms with Crippen LogP contribution in [0.2, 0.25) is 0 Å². The van der Waals surface area contributed by atoms with Gasteiger partial charge in [0, 0.05) is 6.61 Å². The van der Waals surface area contributed by atoms with E-state index in [0.717, 1.165) is 0 Å². The molecule has 0 rings (SSSR count). The second-order valence-corrected chi connectivity index (χ2v) is 2.26. The molecule has 12 heavy (non-hydrogen) atoms. The van der Waals surface area contributed by atoms with Crippen molar-refractivity contribution in [3.63, 3.8) is 0 Å². The number of rotatable bonds is 6. The maximum Gasteiger partial charge on any atom is 0.157 e. The van der Waals surface area contributed by atoms with E-state index in [4.69, 9.17) is 0 Å². The van der Waals surface area contributed by atoms with Gasteiger partial charge in [-0.05, 0) is 6.92 Å². The van der Waals surface area contributed by atoms with Crippen LogP contribution in [0.25, 0.3) is 0 Å². The number of ether oxygens (including phenoxy) is 1. The summed E-state index contributed by atoms with van der Waals surface area (Å²) in [5.74, 6) is 0. The van der Waals surface area contributed by atoms with Gasteiger partial charge in [0.15, 0.2) is 12.3 Å². The minimum absolute atomic E-state index is 0.0332. The minimum atomic E-state index is -2.09. The van der Waals surface area contributed by atoms with Gasteiger partial charge in [0.25, 0.3) is 0 Å². The summed E-state index contributed by atoms with van der Waals surface area (Å²) in [5.41, 5.74) is 0. The lowest BCUT2D eigenvalue weighted by Crippen LogP contribution is -2.37. The highest BCUT2D eigenvalue weighted by Gasteiger charge is 2.30. The molecule has 0 aliphatic rings. The first-order valence-corrected chi connectivity index (χ1v) is 3.69. The smallest absolute Gasteiger partial charge is 0.157 e. The maximum atomic E-state index is 12.5. The standard InChI is InChI=1S/C7H12F4O/c1-2-12-7(5(10)3-8)6(11)4-9/h5-7H,2-4H2,1H3. The molecule has 5 heteroatoms. The van der Waals surface area contributed by atoms with E-state index in [1.165, 1.54) is 6.92 Å². The van der Waals surface area contributed by atoms with Crippen LogP contribution in [0.3, 0.4) is 0 Å². The maximum absolute atomic E-state index is 12.5. The van der Waals surface area contributed by atoms with Crippen molar-refractivity contribution in [1.29, 1.82) is 0 Å². The quantitative estimate of drug-likeness (QED) is 0.579. The van der Waals surface area contributed by atoms with Gasteiger partial charge in [0.2, 0.25) is 0 Å². The van der Waals surface area contributed by atoms with Crippen molar-refractivity contribution in [2.75, 3.05) is 20.0 Å². The van der Waals surface area contributed by atoms with Crippen molar-refractivity contribution in [2.24, 2.45) is 0 Å². The molecular formula is C7H12F4O. The molecule has 0 bridgehead atoms. The van der Waals surface area contributed by atoms with Crippen LogP contribution in [-0.2, 0) is 4.74 Å². The van der Waals surface area contributed by atoms with E-state index in [9.17, 15) is 17.6 Å². The summed E-state index contributed by atoms with van der Waals surface area (Å²) in [6.45, 7) is -1.18. The van der Waals surface area contributed by atoms with Gasteiger partial charge in [0.1, 0.15) is 19.5 Å². The van der Waals surface area contributed by atoms with Crippen LogP contribution in [0, 0.1) is 0 Å². The third-order valence-electron chi connectivity index (χ3n) is 1.37. The van der Waals surface area contributed by atoms with Crippen molar-refractivity contribution in [3.05, 3.63) is 0 Å². The van der Waals surface area contributed by atoms with E-state index in [1.807, 2.05) is 0 Å². The first kappa shape index (κ1) is 11.7. The molecule has 0 saturated carbocycles. The lowest BCUT2D eigenvalue weighted by molar-refractivity contribution is -0.0552. The summed E-state index contributed by atoms with van der Waals surface area (Å²) in [4.78, 5) is 0. The van der Waals surface area contributed by atoms with Crippen molar-refractivity contribution in [1.82, 2.24) is 0 Å². The molecule has 2 unspecified atom stereocenters. The summed E-state index contributed by atoms with van der Waals surface area (Å²) in [6, 6.07) is 0. The molecule has 0 spiro atoms. The van der Waals surface area contributed by atoms with Gasteiger partial charge < -0.3 is 4.74 Å². The largest absolute Gasteiger partial charge is 0.372 e. The monoisotopic (exact) mass is 188 g/mol. The van der Waals surface area contributed by atoms with Crippen LogP contribution in [0.5, 0.6) is 0 Å². The molecule has 2 atom stereocenters. The third-order valence-corrected chi connectivity index (χ3v) is 1.37. The molecular weight excluding hydrogens is 176 g/mol. The molecule has 1 nitrogen and oxygen atoms in total. The topological polar surface area (TPSA) is 9.23 Å². The average molecular weight is 188 g/mol. The molecule has 0 fully saturated rings. The Morgan fingerprint density at radius 2 is 1.50 bits per heavy atom. The Kier molecular flexibility index (Phi) is 6.06. The van der Waals surface area contributed by atoms with E-state index in [2.05, 4.69) is 4.74 Å². The van der Waals surface area contributed by atoms with E-state index >= 15 is 0 Å². The third kappa shape index (κ3) is 3.38. The molecule has 0 aliphatic carbocycles. The summed E-state index contributed by atoms with van der Waals surface area (Å²) in [6.07, 6.45) is -5.80. The van der Waals surface area contributed by atoms with Crippen molar-refractivity contribution in [3.8, 4) is 0 Å². The minimum Gasteiger partial charge on any atom is -0.372 e. The number of halogens is 4. The van der Waals surface area contributed by atoms with Crippen molar-refractivity contribution >= 4 is 0 Å². The number of hydrogen-bond acceptors (Lipinski definition) is 1. The highest BCUT2D eigenvalue weighted by Crippen LogP contribution is 2.13. The number of alkyl halides is 4. The van der Waals surface area contributed by atoms with Gasteiger partial charge in [-0.15, -0.1) is 0 Å². The van der Waals surface area contributed by atoms with Crippen LogP contribution < -0.4 is 0 Å². The highest BCUT2D eigenvalue weighted by atomic mass is 19.2. The fourth-order valence-electron chi connectivity index (χ4n) is 0.803. The Labute approximate surface area is 68.7 Å². The fraction of sp³-hybridized carbons (Fsp3) is 1.00. The average Bonchev–Trinajstić information content (AvgIpc) is 2.11. The lowest BCUT2D eigenvalue weighted by atomic mass is 10.1. The summed E-state index contributed by atoms with van der Waals surface area (Å²) in [5, 5.41) is 0. The normalized spacial score (nSPS) is 18.8. The lowest BCUT2D eigenvalue weighted by Gasteiger charge is -2.20. The second-order valence-electron chi connectivity index (χ2n) is 2.26. The van der Waals surface area contributed by atoms with Gasteiger partial charge in [-0.2, -0.15) is 0 Å². The molecule has 0 heterocycles. The summed E-state index contributed by atoms with van der Waals surface area (Å²) >= 11 is 0. The molecule has 0 aromatic heterocycles. The van der Waals surface area contributed by atoms with Crippen LogP contribution in [-0.4, -0.2) is 38.4 Å². The number of hydrogen-bond donors (Lipinski definition) is 0. The van der Waals surface area contributed by atoms with Crippen LogP contribution in [0.1, 0.15) is 6.92 Å². The first-order chi connectivity index (χ1) is 5.67. The van der Waals surface area contributed by atoms with Crippen LogP contribution in [0.15, 0.2) is 0 Å². The van der Waals surface area contributed by atoms with Crippen LogP contribution in [0.4, 0.5) is 17.6 Å². The van der Waals surface area contributed by atoms with Gasteiger partial charge in [0.05, 0.1) is 0 Å². The van der Waals surface area contributed by atoms with Crippen LogP contribution >= 0.6 is 0 Å². The summed E-state index contributed by atoms with van der Waals surface area (Å²) < 4.78 is 53.0. The van der Waals surface area contributed by atoms with E-state index < -0.39 is 31.8 Å². The first-order valence-electron chi connectivity index (χ1n) is 3.69. The molecule has 0 N–H and O–H groups in total. The van der Waals surface area contributed by atoms with Gasteiger partial charge in [-0.3, -0.25) is 0 Å². The van der Waals surface area contributed by atoms with Crippen molar-refractivity contribution < 1.29 is 22.3 Å². The zero-order valence-corrected chi connectivity index (χ0v) is 6.77. The Balaban J connectivity index is 4.01. The summed E-state index contributed by atoms with van der Waals surface area (Å²) in [7, 11) is 0. The van der Waals surface area contributed by atoms with E-state index in [1.54, 1.807) is 0 Å². The molecule has 0 aromatic carbocycles. The zero-order chi connectivity index (χ0) is 9.56. The highest BCUT2D eigenvalue weighted by molar-refractivity contribution is 4.76. The Hall–Kier alpha value is -0.320. The van der Waals surface area contributed by atoms with Gasteiger partial charge in [-0.25, -0.2) is 17.6 Å². The SMILES string of the molecule is CCOC(C(F)CF)C(F)CF. The van der Waals surface area contributed by atoms with Gasteiger partial charge in [-0.1, -0.05) is 0 Å². The Bertz CT molecular complexity index is 102. The Morgan fingerprint density at radius 3 is 1.75 bits per heavy atom. The fourth-order valence-corrected chi connectivity index (χ4v) is 0.803. The predicted octanol–water partition coefficient (Wildman–Crippen LogP) is 2.01. The molecule has 0 saturated heterocycles. The van der Waals surface area contributed by atoms with Gasteiger partial charge >= 0.3 is 0 Å². The van der Waals surface area contributed by atoms with E-state index in [-0.39, 0.29) is 6.61 Å². The van der Waals surface area contributed by atoms with E-state index in [0.29, 0.717) is 0 Å².